The lowest BCUT2D eigenvalue weighted by molar-refractivity contribution is -0.114. The van der Waals surface area contributed by atoms with Gasteiger partial charge in [-0.1, -0.05) is 6.07 Å². The van der Waals surface area contributed by atoms with Crippen LogP contribution in [0, 0.1) is 0 Å². The number of methoxy groups -OCH3 is 1. The molecule has 0 aliphatic rings. The third-order valence-corrected chi connectivity index (χ3v) is 4.18. The van der Waals surface area contributed by atoms with Crippen LogP contribution in [0.4, 0.5) is 5.69 Å². The molecule has 3 N–H and O–H groups in total. The van der Waals surface area contributed by atoms with E-state index in [9.17, 15) is 9.00 Å². The molecule has 2 rings (SSSR count). The highest BCUT2D eigenvalue weighted by Crippen LogP contribution is 2.22. The topological polar surface area (TPSA) is 81.4 Å². The average molecular weight is 304 g/mol. The molecule has 0 aromatic heterocycles. The Bertz CT molecular complexity index is 656. The molecule has 1 amide bonds. The van der Waals surface area contributed by atoms with Gasteiger partial charge in [0.2, 0.25) is 5.91 Å². The van der Waals surface area contributed by atoms with Crippen LogP contribution in [0.5, 0.6) is 5.75 Å². The van der Waals surface area contributed by atoms with Gasteiger partial charge in [0, 0.05) is 15.5 Å². The summed E-state index contributed by atoms with van der Waals surface area (Å²) in [6, 6.07) is 13.9. The number of carbonyl (C=O) groups excluding carboxylic acids is 1. The second kappa shape index (κ2) is 7.01. The third-order valence-electron chi connectivity index (χ3n) is 2.79. The smallest absolute Gasteiger partial charge is 0.238 e. The Morgan fingerprint density at radius 3 is 2.52 bits per heavy atom. The van der Waals surface area contributed by atoms with Gasteiger partial charge in [0.15, 0.2) is 0 Å². The molecule has 0 bridgehead atoms. The normalized spacial score (nSPS) is 11.7. The maximum atomic E-state index is 12.5. The average Bonchev–Trinajstić information content (AvgIpc) is 2.54. The molecule has 0 radical (unpaired) electrons. The minimum Gasteiger partial charge on any atom is -0.497 e. The largest absolute Gasteiger partial charge is 0.497 e. The molecule has 2 aromatic carbocycles. The first kappa shape index (κ1) is 15.2. The zero-order valence-electron chi connectivity index (χ0n) is 11.5. The number of carbonyl (C=O) groups is 1. The molecule has 0 aliphatic heterocycles. The van der Waals surface area contributed by atoms with Gasteiger partial charge in [0.1, 0.15) is 5.75 Å². The first-order valence-electron chi connectivity index (χ1n) is 6.30. The van der Waals surface area contributed by atoms with Gasteiger partial charge in [-0.3, -0.25) is 4.79 Å². The van der Waals surface area contributed by atoms with Crippen molar-refractivity contribution in [2.24, 2.45) is 5.73 Å². The first-order valence-corrected chi connectivity index (χ1v) is 7.45. The summed E-state index contributed by atoms with van der Waals surface area (Å²) < 4.78 is 17.6. The van der Waals surface area contributed by atoms with E-state index in [1.54, 1.807) is 55.6 Å². The van der Waals surface area contributed by atoms with E-state index in [4.69, 9.17) is 10.5 Å². The van der Waals surface area contributed by atoms with Crippen molar-refractivity contribution in [2.75, 3.05) is 19.0 Å². The molecule has 6 heteroatoms. The Hall–Kier alpha value is -2.18. The number of anilines is 1. The molecular weight excluding hydrogens is 288 g/mol. The second-order valence-electron chi connectivity index (χ2n) is 4.22. The molecule has 0 saturated heterocycles. The minimum atomic E-state index is -1.30. The van der Waals surface area contributed by atoms with E-state index in [-0.39, 0.29) is 12.5 Å². The van der Waals surface area contributed by atoms with Crippen molar-refractivity contribution >= 4 is 22.4 Å². The van der Waals surface area contributed by atoms with Crippen LogP contribution in [0.2, 0.25) is 0 Å². The summed E-state index contributed by atoms with van der Waals surface area (Å²) in [4.78, 5) is 12.5. The molecule has 0 heterocycles. The van der Waals surface area contributed by atoms with Gasteiger partial charge in [0.05, 0.1) is 24.5 Å². The van der Waals surface area contributed by atoms with Crippen LogP contribution in [-0.4, -0.2) is 23.8 Å². The van der Waals surface area contributed by atoms with E-state index in [2.05, 4.69) is 5.32 Å². The van der Waals surface area contributed by atoms with Crippen LogP contribution in [0.25, 0.3) is 0 Å². The van der Waals surface area contributed by atoms with E-state index in [1.165, 1.54) is 0 Å². The number of nitrogens with one attached hydrogen (secondary N) is 1. The minimum absolute atomic E-state index is 0.0719. The monoisotopic (exact) mass is 304 g/mol. The Morgan fingerprint density at radius 1 is 1.19 bits per heavy atom. The molecule has 1 unspecified atom stereocenters. The number of hydrogen-bond acceptors (Lipinski definition) is 4. The number of benzene rings is 2. The van der Waals surface area contributed by atoms with Gasteiger partial charge < -0.3 is 15.8 Å². The molecule has 2 aromatic rings. The van der Waals surface area contributed by atoms with Crippen molar-refractivity contribution in [3.63, 3.8) is 0 Å². The van der Waals surface area contributed by atoms with Crippen molar-refractivity contribution < 1.29 is 13.7 Å². The lowest BCUT2D eigenvalue weighted by Gasteiger charge is -2.07. The van der Waals surface area contributed by atoms with Crippen LogP contribution in [0.3, 0.4) is 0 Å². The Kier molecular flexibility index (Phi) is 5.08. The predicted octanol–water partition coefficient (Wildman–Crippen LogP) is 1.76. The molecule has 110 valence electrons. The van der Waals surface area contributed by atoms with E-state index in [0.29, 0.717) is 21.2 Å². The fourth-order valence-corrected chi connectivity index (χ4v) is 2.81. The van der Waals surface area contributed by atoms with Gasteiger partial charge in [0.25, 0.3) is 0 Å². The first-order chi connectivity index (χ1) is 10.1. The van der Waals surface area contributed by atoms with Crippen LogP contribution >= 0.6 is 0 Å². The zero-order valence-corrected chi connectivity index (χ0v) is 12.4. The molecular formula is C15H16N2O3S. The molecule has 5 nitrogen and oxygen atoms in total. The summed E-state index contributed by atoms with van der Waals surface area (Å²) in [6.07, 6.45) is 0. The maximum absolute atomic E-state index is 12.5. The maximum Gasteiger partial charge on any atom is 0.238 e. The fourth-order valence-electron chi connectivity index (χ4n) is 1.73. The number of hydrogen-bond donors (Lipinski definition) is 2. The van der Waals surface area contributed by atoms with Crippen molar-refractivity contribution in [1.82, 2.24) is 0 Å². The molecule has 1 atom stereocenters. The van der Waals surface area contributed by atoms with Crippen LogP contribution in [0.1, 0.15) is 0 Å². The van der Waals surface area contributed by atoms with Gasteiger partial charge in [-0.05, 0) is 42.5 Å². The van der Waals surface area contributed by atoms with Gasteiger partial charge in [-0.15, -0.1) is 0 Å². The molecule has 0 aliphatic carbocycles. The van der Waals surface area contributed by atoms with Crippen LogP contribution < -0.4 is 15.8 Å². The van der Waals surface area contributed by atoms with E-state index >= 15 is 0 Å². The summed E-state index contributed by atoms with van der Waals surface area (Å²) in [5.41, 5.74) is 5.85. The predicted molar refractivity (Wildman–Crippen MR) is 81.8 cm³/mol. The molecule has 0 saturated carbocycles. The second-order valence-corrected chi connectivity index (χ2v) is 5.70. The number of ether oxygens (including phenoxy) is 1. The molecule has 21 heavy (non-hydrogen) atoms. The molecule has 0 spiro atoms. The highest BCUT2D eigenvalue weighted by atomic mass is 32.2. The van der Waals surface area contributed by atoms with E-state index in [1.807, 2.05) is 0 Å². The van der Waals surface area contributed by atoms with Gasteiger partial charge >= 0.3 is 0 Å². The lowest BCUT2D eigenvalue weighted by atomic mass is 10.3. The van der Waals surface area contributed by atoms with Crippen molar-refractivity contribution in [3.05, 3.63) is 48.5 Å². The number of nitrogens with two attached hydrogens (primary N) is 1. The Morgan fingerprint density at radius 2 is 1.90 bits per heavy atom. The Labute approximate surface area is 125 Å². The van der Waals surface area contributed by atoms with Crippen LogP contribution in [-0.2, 0) is 15.6 Å². The van der Waals surface area contributed by atoms with Gasteiger partial charge in [-0.2, -0.15) is 0 Å². The SMILES string of the molecule is COc1cccc(S(=O)c2ccc(NC(=O)CN)cc2)c1. The van der Waals surface area contributed by atoms with Crippen LogP contribution in [0.15, 0.2) is 58.3 Å². The summed E-state index contributed by atoms with van der Waals surface area (Å²) in [7, 11) is 0.268. The van der Waals surface area contributed by atoms with Gasteiger partial charge in [-0.25, -0.2) is 4.21 Å². The van der Waals surface area contributed by atoms with Crippen molar-refractivity contribution in [3.8, 4) is 5.75 Å². The van der Waals surface area contributed by atoms with E-state index in [0.717, 1.165) is 0 Å². The third kappa shape index (κ3) is 3.90. The Balaban J connectivity index is 2.17. The lowest BCUT2D eigenvalue weighted by Crippen LogP contribution is -2.21. The fraction of sp³-hybridized carbons (Fsp3) is 0.133. The zero-order chi connectivity index (χ0) is 15.2. The quantitative estimate of drug-likeness (QED) is 0.882. The summed E-state index contributed by atoms with van der Waals surface area (Å²) in [6.45, 7) is -0.0719. The summed E-state index contributed by atoms with van der Waals surface area (Å²) in [5.74, 6) is 0.393. The van der Waals surface area contributed by atoms with E-state index < -0.39 is 10.8 Å². The highest BCUT2D eigenvalue weighted by molar-refractivity contribution is 7.85. The summed E-state index contributed by atoms with van der Waals surface area (Å²) in [5, 5.41) is 2.63. The molecule has 0 fully saturated rings. The summed E-state index contributed by atoms with van der Waals surface area (Å²) >= 11 is 0. The highest BCUT2D eigenvalue weighted by Gasteiger charge is 2.08. The number of amides is 1. The number of rotatable bonds is 5. The van der Waals surface area contributed by atoms with Crippen molar-refractivity contribution in [1.29, 1.82) is 0 Å². The standard InChI is InChI=1S/C15H16N2O3S/c1-20-12-3-2-4-14(9-12)21(19)13-7-5-11(6-8-13)17-15(18)10-16/h2-9H,10,16H2,1H3,(H,17,18). The van der Waals surface area contributed by atoms with Crippen molar-refractivity contribution in [2.45, 2.75) is 9.79 Å².